The second-order valence-electron chi connectivity index (χ2n) is 7.00. The van der Waals surface area contributed by atoms with Gasteiger partial charge >= 0.3 is 0 Å². The monoisotopic (exact) mass is 365 g/mol. The van der Waals surface area contributed by atoms with Crippen LogP contribution in [0.5, 0.6) is 0 Å². The zero-order valence-electron chi connectivity index (χ0n) is 16.0. The van der Waals surface area contributed by atoms with Crippen molar-refractivity contribution in [1.82, 2.24) is 4.90 Å². The first-order chi connectivity index (χ1) is 13.1. The number of likely N-dealkylation sites (N-methyl/N-ethyl adjacent to an activating group) is 1. The van der Waals surface area contributed by atoms with Gasteiger partial charge in [0.25, 0.3) is 0 Å². The van der Waals surface area contributed by atoms with Gasteiger partial charge in [0.05, 0.1) is 25.9 Å². The zero-order valence-corrected chi connectivity index (χ0v) is 16.0. The predicted octanol–water partition coefficient (Wildman–Crippen LogP) is 3.82. The summed E-state index contributed by atoms with van der Waals surface area (Å²) in [4.78, 5) is 14.3. The second kappa shape index (κ2) is 9.49. The lowest BCUT2D eigenvalue weighted by molar-refractivity contribution is -0.126. The van der Waals surface area contributed by atoms with E-state index in [0.717, 1.165) is 11.1 Å². The van der Waals surface area contributed by atoms with Gasteiger partial charge in [-0.25, -0.2) is 0 Å². The molecule has 27 heavy (non-hydrogen) atoms. The fourth-order valence-electron chi connectivity index (χ4n) is 3.44. The number of ether oxygens (including phenoxy) is 2. The van der Waals surface area contributed by atoms with Crippen molar-refractivity contribution in [3.05, 3.63) is 84.1 Å². The third kappa shape index (κ3) is 5.28. The number of rotatable bonds is 8. The summed E-state index contributed by atoms with van der Waals surface area (Å²) in [5.41, 5.74) is 2.24. The van der Waals surface area contributed by atoms with Crippen LogP contribution in [0.1, 0.15) is 18.1 Å². The third-order valence-corrected chi connectivity index (χ3v) is 4.99. The summed E-state index contributed by atoms with van der Waals surface area (Å²) < 4.78 is 12.2. The van der Waals surface area contributed by atoms with Gasteiger partial charge in [-0.1, -0.05) is 67.6 Å². The molecular weight excluding hydrogens is 338 g/mol. The van der Waals surface area contributed by atoms with Crippen molar-refractivity contribution in [3.63, 3.8) is 0 Å². The van der Waals surface area contributed by atoms with Crippen molar-refractivity contribution in [2.75, 3.05) is 13.7 Å². The van der Waals surface area contributed by atoms with E-state index < -0.39 is 0 Å². The normalized spacial score (nSPS) is 20.7. The van der Waals surface area contributed by atoms with Gasteiger partial charge < -0.3 is 14.4 Å². The Labute approximate surface area is 161 Å². The Morgan fingerprint density at radius 3 is 2.19 bits per heavy atom. The van der Waals surface area contributed by atoms with Crippen LogP contribution in [-0.2, 0) is 27.5 Å². The van der Waals surface area contributed by atoms with Crippen LogP contribution in [0.15, 0.2) is 72.9 Å². The van der Waals surface area contributed by atoms with Gasteiger partial charge in [0.1, 0.15) is 6.10 Å². The van der Waals surface area contributed by atoms with Gasteiger partial charge in [-0.15, -0.1) is 0 Å². The molecule has 0 aromatic heterocycles. The average molecular weight is 365 g/mol. The second-order valence-corrected chi connectivity index (χ2v) is 7.00. The molecular formula is C23H27NO3. The molecule has 1 aliphatic heterocycles. The molecule has 0 amide bonds. The highest BCUT2D eigenvalue weighted by Gasteiger charge is 2.35. The largest absolute Gasteiger partial charge is 0.374 e. The zero-order chi connectivity index (χ0) is 19.1. The summed E-state index contributed by atoms with van der Waals surface area (Å²) in [6, 6.07) is 20.1. The fraction of sp³-hybridized carbons (Fsp3) is 0.348. The molecule has 0 unspecified atom stereocenters. The average Bonchev–Trinajstić information content (AvgIpc) is 2.70. The molecule has 0 radical (unpaired) electrons. The van der Waals surface area contributed by atoms with Crippen molar-refractivity contribution in [2.24, 2.45) is 5.92 Å². The molecule has 3 rings (SSSR count). The number of hydrogen-bond donors (Lipinski definition) is 0. The lowest BCUT2D eigenvalue weighted by Gasteiger charge is -2.39. The summed E-state index contributed by atoms with van der Waals surface area (Å²) in [7, 11) is 1.99. The highest BCUT2D eigenvalue weighted by atomic mass is 16.5. The number of carbonyl (C=O) groups is 1. The predicted molar refractivity (Wildman–Crippen MR) is 106 cm³/mol. The molecule has 0 bridgehead atoms. The molecule has 142 valence electrons. The van der Waals surface area contributed by atoms with Gasteiger partial charge in [-0.2, -0.15) is 0 Å². The van der Waals surface area contributed by atoms with Crippen LogP contribution in [0.4, 0.5) is 0 Å². The van der Waals surface area contributed by atoms with Gasteiger partial charge in [-0.05, 0) is 17.2 Å². The lowest BCUT2D eigenvalue weighted by atomic mass is 9.89. The Bertz CT molecular complexity index is 745. The van der Waals surface area contributed by atoms with Crippen LogP contribution in [-0.4, -0.2) is 36.5 Å². The molecule has 0 saturated heterocycles. The van der Waals surface area contributed by atoms with Gasteiger partial charge in [0, 0.05) is 19.2 Å². The van der Waals surface area contributed by atoms with Crippen molar-refractivity contribution in [2.45, 2.75) is 32.3 Å². The van der Waals surface area contributed by atoms with Gasteiger partial charge in [0.15, 0.2) is 5.78 Å². The molecule has 0 spiro atoms. The number of carbonyl (C=O) groups excluding carboxylic acids is 1. The molecule has 0 saturated carbocycles. The fourth-order valence-corrected chi connectivity index (χ4v) is 3.44. The molecule has 0 N–H and O–H groups in total. The minimum Gasteiger partial charge on any atom is -0.374 e. The van der Waals surface area contributed by atoms with Crippen LogP contribution in [0.25, 0.3) is 0 Å². The summed E-state index contributed by atoms with van der Waals surface area (Å²) in [6.45, 7) is 3.42. The van der Waals surface area contributed by atoms with E-state index in [4.69, 9.17) is 9.47 Å². The molecule has 2 aromatic carbocycles. The quantitative estimate of drug-likeness (QED) is 0.713. The topological polar surface area (TPSA) is 38.8 Å². The first-order valence-electron chi connectivity index (χ1n) is 9.36. The molecule has 3 atom stereocenters. The summed E-state index contributed by atoms with van der Waals surface area (Å²) in [6.07, 6.45) is 3.27. The number of hydrogen-bond acceptors (Lipinski definition) is 4. The Kier molecular flexibility index (Phi) is 6.80. The molecule has 4 nitrogen and oxygen atoms in total. The SMILES string of the molecule is C[C@@H]1C(=O)C=CN(C)[C@H]1[C@@H](COCc1ccccc1)OCc1ccccc1. The minimum atomic E-state index is -0.206. The maximum Gasteiger partial charge on any atom is 0.162 e. The molecule has 1 aliphatic rings. The van der Waals surface area contributed by atoms with Crippen LogP contribution in [0, 0.1) is 5.92 Å². The van der Waals surface area contributed by atoms with Crippen LogP contribution >= 0.6 is 0 Å². The number of ketones is 1. The molecule has 1 heterocycles. The molecule has 0 aliphatic carbocycles. The Morgan fingerprint density at radius 1 is 0.963 bits per heavy atom. The van der Waals surface area contributed by atoms with Crippen molar-refractivity contribution in [1.29, 1.82) is 0 Å². The number of nitrogens with zero attached hydrogens (tertiary/aromatic N) is 1. The maximum atomic E-state index is 12.2. The van der Waals surface area contributed by atoms with Crippen molar-refractivity contribution >= 4 is 5.78 Å². The summed E-state index contributed by atoms with van der Waals surface area (Å²) >= 11 is 0. The molecule has 0 fully saturated rings. The third-order valence-electron chi connectivity index (χ3n) is 4.99. The smallest absolute Gasteiger partial charge is 0.162 e. The first-order valence-corrected chi connectivity index (χ1v) is 9.36. The lowest BCUT2D eigenvalue weighted by Crippen LogP contribution is -2.50. The highest BCUT2D eigenvalue weighted by Crippen LogP contribution is 2.23. The molecule has 2 aromatic rings. The summed E-state index contributed by atoms with van der Waals surface area (Å²) in [5, 5.41) is 0. The van der Waals surface area contributed by atoms with E-state index >= 15 is 0 Å². The van der Waals surface area contributed by atoms with Crippen LogP contribution in [0.3, 0.4) is 0 Å². The Morgan fingerprint density at radius 2 is 1.56 bits per heavy atom. The van der Waals surface area contributed by atoms with E-state index in [0.29, 0.717) is 19.8 Å². The van der Waals surface area contributed by atoms with Crippen LogP contribution in [0.2, 0.25) is 0 Å². The van der Waals surface area contributed by atoms with Crippen molar-refractivity contribution < 1.29 is 14.3 Å². The number of benzene rings is 2. The van der Waals surface area contributed by atoms with E-state index in [1.807, 2.05) is 80.8 Å². The van der Waals surface area contributed by atoms with E-state index in [2.05, 4.69) is 4.90 Å². The highest BCUT2D eigenvalue weighted by molar-refractivity contribution is 5.92. The standard InChI is InChI=1S/C23H27NO3/c1-18-21(25)13-14-24(2)23(18)22(27-16-20-11-7-4-8-12-20)17-26-15-19-9-5-3-6-10-19/h3-14,18,22-23H,15-17H2,1-2H3/t18-,22-,23-/m1/s1. The van der Waals surface area contributed by atoms with Gasteiger partial charge in [-0.3, -0.25) is 4.79 Å². The van der Waals surface area contributed by atoms with E-state index in [-0.39, 0.29) is 23.8 Å². The first kappa shape index (κ1) is 19.3. The number of allylic oxidation sites excluding steroid dienone is 1. The van der Waals surface area contributed by atoms with Crippen molar-refractivity contribution in [3.8, 4) is 0 Å². The summed E-state index contributed by atoms with van der Waals surface area (Å²) in [5.74, 6) is -0.00410. The van der Waals surface area contributed by atoms with Crippen LogP contribution < -0.4 is 0 Å². The van der Waals surface area contributed by atoms with E-state index in [1.54, 1.807) is 6.08 Å². The van der Waals surface area contributed by atoms with E-state index in [9.17, 15) is 4.79 Å². The Hall–Kier alpha value is -2.43. The van der Waals surface area contributed by atoms with E-state index in [1.165, 1.54) is 0 Å². The minimum absolute atomic E-state index is 0.0537. The van der Waals surface area contributed by atoms with Gasteiger partial charge in [0.2, 0.25) is 0 Å². The Balaban J connectivity index is 1.67. The molecule has 4 heteroatoms. The maximum absolute atomic E-state index is 12.2.